The zero-order valence-corrected chi connectivity index (χ0v) is 10.0. The summed E-state index contributed by atoms with van der Waals surface area (Å²) in [5, 5.41) is 10.2. The number of H-pyrrole nitrogens is 1. The third kappa shape index (κ3) is 1.96. The highest BCUT2D eigenvalue weighted by Crippen LogP contribution is 2.22. The van der Waals surface area contributed by atoms with Crippen LogP contribution in [0.25, 0.3) is 23.1 Å². The van der Waals surface area contributed by atoms with E-state index in [-0.39, 0.29) is 0 Å². The van der Waals surface area contributed by atoms with E-state index in [1.54, 1.807) is 0 Å². The van der Waals surface area contributed by atoms with Gasteiger partial charge in [-0.25, -0.2) is 4.98 Å². The van der Waals surface area contributed by atoms with Crippen LogP contribution in [0.4, 0.5) is 0 Å². The minimum atomic E-state index is 0.387. The molecule has 0 radical (unpaired) electrons. The van der Waals surface area contributed by atoms with Gasteiger partial charge in [0, 0.05) is 10.0 Å². The molecule has 0 aliphatic carbocycles. The fourth-order valence-electron chi connectivity index (χ4n) is 1.37. The molecule has 0 aliphatic rings. The Labute approximate surface area is 104 Å². The van der Waals surface area contributed by atoms with Crippen LogP contribution in [0.5, 0.6) is 0 Å². The van der Waals surface area contributed by atoms with Crippen LogP contribution in [0.3, 0.4) is 0 Å². The van der Waals surface area contributed by atoms with Crippen molar-refractivity contribution in [3.63, 3.8) is 0 Å². The average molecular weight is 292 g/mol. The van der Waals surface area contributed by atoms with Gasteiger partial charge < -0.3 is 4.52 Å². The maximum Gasteiger partial charge on any atom is 0.258 e. The summed E-state index contributed by atoms with van der Waals surface area (Å²) in [6.07, 6.45) is 1.39. The Hall–Kier alpha value is -2.02. The standard InChI is InChI=1S/C10H6BrN5O/c11-7-3-1-2-6(4-7)10-14-9(16-17-10)8-12-5-13-15-8/h1-5H,(H,12,13,15). The van der Waals surface area contributed by atoms with Gasteiger partial charge in [0.05, 0.1) is 0 Å². The minimum Gasteiger partial charge on any atom is -0.333 e. The largest absolute Gasteiger partial charge is 0.333 e. The van der Waals surface area contributed by atoms with Crippen LogP contribution in [0, 0.1) is 0 Å². The summed E-state index contributed by atoms with van der Waals surface area (Å²) in [5.41, 5.74) is 0.845. The summed E-state index contributed by atoms with van der Waals surface area (Å²) in [6, 6.07) is 7.62. The molecule has 0 fully saturated rings. The molecule has 0 saturated carbocycles. The van der Waals surface area contributed by atoms with Crippen molar-refractivity contribution >= 4 is 15.9 Å². The molecule has 0 atom stereocenters. The first-order valence-corrected chi connectivity index (χ1v) is 5.57. The molecule has 3 rings (SSSR count). The quantitative estimate of drug-likeness (QED) is 0.783. The second-order valence-electron chi connectivity index (χ2n) is 3.27. The molecule has 84 valence electrons. The zero-order chi connectivity index (χ0) is 11.7. The molecule has 7 heteroatoms. The SMILES string of the molecule is Brc1cccc(-c2nc(-c3ncn[nH]3)no2)c1. The molecule has 2 aromatic heterocycles. The number of rotatable bonds is 2. The molecule has 0 amide bonds. The van der Waals surface area contributed by atoms with E-state index in [4.69, 9.17) is 4.52 Å². The van der Waals surface area contributed by atoms with Crippen LogP contribution in [-0.4, -0.2) is 25.3 Å². The summed E-state index contributed by atoms with van der Waals surface area (Å²) in [7, 11) is 0. The number of aromatic nitrogens is 5. The molecule has 6 nitrogen and oxygen atoms in total. The summed E-state index contributed by atoms with van der Waals surface area (Å²) in [6.45, 7) is 0. The normalized spacial score (nSPS) is 10.6. The number of halogens is 1. The molecule has 1 N–H and O–H groups in total. The van der Waals surface area contributed by atoms with E-state index in [0.717, 1.165) is 10.0 Å². The van der Waals surface area contributed by atoms with Crippen molar-refractivity contribution in [1.82, 2.24) is 25.3 Å². The molecule has 2 heterocycles. The highest BCUT2D eigenvalue weighted by molar-refractivity contribution is 9.10. The van der Waals surface area contributed by atoms with Crippen LogP contribution >= 0.6 is 15.9 Å². The molecule has 0 unspecified atom stereocenters. The Balaban J connectivity index is 2.01. The maximum absolute atomic E-state index is 5.16. The van der Waals surface area contributed by atoms with Gasteiger partial charge in [-0.2, -0.15) is 10.1 Å². The van der Waals surface area contributed by atoms with E-state index >= 15 is 0 Å². The third-order valence-corrected chi connectivity index (χ3v) is 2.62. The number of hydrogen-bond donors (Lipinski definition) is 1. The smallest absolute Gasteiger partial charge is 0.258 e. The lowest BCUT2D eigenvalue weighted by molar-refractivity contribution is 0.432. The Morgan fingerprint density at radius 3 is 3.00 bits per heavy atom. The Morgan fingerprint density at radius 1 is 1.29 bits per heavy atom. The number of hydrogen-bond acceptors (Lipinski definition) is 5. The predicted octanol–water partition coefficient (Wildman–Crippen LogP) is 2.28. The van der Waals surface area contributed by atoms with Gasteiger partial charge in [0.2, 0.25) is 5.82 Å². The average Bonchev–Trinajstić information content (AvgIpc) is 3.00. The fraction of sp³-hybridized carbons (Fsp3) is 0. The van der Waals surface area contributed by atoms with E-state index < -0.39 is 0 Å². The van der Waals surface area contributed by atoms with Crippen molar-refractivity contribution in [2.75, 3.05) is 0 Å². The second kappa shape index (κ2) is 4.10. The van der Waals surface area contributed by atoms with Gasteiger partial charge in [0.15, 0.2) is 5.82 Å². The Bertz CT molecular complexity index is 634. The van der Waals surface area contributed by atoms with Gasteiger partial charge >= 0.3 is 0 Å². The first-order chi connectivity index (χ1) is 8.33. The van der Waals surface area contributed by atoms with Crippen molar-refractivity contribution in [3.8, 4) is 23.1 Å². The third-order valence-electron chi connectivity index (χ3n) is 2.12. The first-order valence-electron chi connectivity index (χ1n) is 4.78. The van der Waals surface area contributed by atoms with Crippen molar-refractivity contribution in [1.29, 1.82) is 0 Å². The molecule has 1 aromatic carbocycles. The second-order valence-corrected chi connectivity index (χ2v) is 4.18. The van der Waals surface area contributed by atoms with Crippen LogP contribution in [0.15, 0.2) is 39.6 Å². The monoisotopic (exact) mass is 291 g/mol. The highest BCUT2D eigenvalue weighted by atomic mass is 79.9. The van der Waals surface area contributed by atoms with Crippen LogP contribution in [0.1, 0.15) is 0 Å². The minimum absolute atomic E-state index is 0.387. The first kappa shape index (κ1) is 10.2. The van der Waals surface area contributed by atoms with Crippen LogP contribution in [-0.2, 0) is 0 Å². The van der Waals surface area contributed by atoms with Gasteiger partial charge in [0.25, 0.3) is 5.89 Å². The molecular formula is C10H6BrN5O. The maximum atomic E-state index is 5.16. The summed E-state index contributed by atoms with van der Waals surface area (Å²) < 4.78 is 6.11. The Morgan fingerprint density at radius 2 is 2.24 bits per heavy atom. The predicted molar refractivity (Wildman–Crippen MR) is 62.8 cm³/mol. The van der Waals surface area contributed by atoms with Crippen molar-refractivity contribution < 1.29 is 4.52 Å². The fourth-order valence-corrected chi connectivity index (χ4v) is 1.77. The molecule has 0 spiro atoms. The number of nitrogens with zero attached hydrogens (tertiary/aromatic N) is 4. The van der Waals surface area contributed by atoms with E-state index in [1.165, 1.54) is 6.33 Å². The summed E-state index contributed by atoms with van der Waals surface area (Å²) >= 11 is 3.39. The summed E-state index contributed by atoms with van der Waals surface area (Å²) in [5.74, 6) is 1.31. The van der Waals surface area contributed by atoms with E-state index in [1.807, 2.05) is 24.3 Å². The molecule has 3 aromatic rings. The lowest BCUT2D eigenvalue weighted by atomic mass is 10.2. The van der Waals surface area contributed by atoms with Gasteiger partial charge in [-0.15, -0.1) is 0 Å². The highest BCUT2D eigenvalue weighted by Gasteiger charge is 2.12. The number of benzene rings is 1. The van der Waals surface area contributed by atoms with Gasteiger partial charge in [0.1, 0.15) is 6.33 Å². The van der Waals surface area contributed by atoms with Crippen molar-refractivity contribution in [3.05, 3.63) is 35.1 Å². The van der Waals surface area contributed by atoms with Gasteiger partial charge in [-0.05, 0) is 18.2 Å². The molecule has 0 saturated heterocycles. The number of aromatic amines is 1. The van der Waals surface area contributed by atoms with E-state index in [2.05, 4.69) is 41.3 Å². The van der Waals surface area contributed by atoms with Crippen molar-refractivity contribution in [2.24, 2.45) is 0 Å². The molecular weight excluding hydrogens is 286 g/mol. The molecule has 0 aliphatic heterocycles. The lowest BCUT2D eigenvalue weighted by Gasteiger charge is -1.93. The number of nitrogens with one attached hydrogen (secondary N) is 1. The molecule has 17 heavy (non-hydrogen) atoms. The zero-order valence-electron chi connectivity index (χ0n) is 8.46. The van der Waals surface area contributed by atoms with Crippen LogP contribution in [0.2, 0.25) is 0 Å². The Kier molecular flexibility index (Phi) is 2.45. The van der Waals surface area contributed by atoms with E-state index in [9.17, 15) is 0 Å². The summed E-state index contributed by atoms with van der Waals surface area (Å²) in [4.78, 5) is 8.18. The van der Waals surface area contributed by atoms with Crippen molar-refractivity contribution in [2.45, 2.75) is 0 Å². The lowest BCUT2D eigenvalue weighted by Crippen LogP contribution is -1.83. The van der Waals surface area contributed by atoms with Gasteiger partial charge in [-0.3, -0.25) is 5.10 Å². The van der Waals surface area contributed by atoms with E-state index in [0.29, 0.717) is 17.5 Å². The van der Waals surface area contributed by atoms with Gasteiger partial charge in [-0.1, -0.05) is 27.2 Å². The molecule has 0 bridgehead atoms. The topological polar surface area (TPSA) is 80.5 Å². The van der Waals surface area contributed by atoms with Crippen LogP contribution < -0.4 is 0 Å².